The van der Waals surface area contributed by atoms with Gasteiger partial charge in [-0.25, -0.2) is 14.4 Å². The molecule has 1 aliphatic rings. The molecule has 0 amide bonds. The van der Waals surface area contributed by atoms with Gasteiger partial charge in [0.1, 0.15) is 18.2 Å². The fourth-order valence-electron chi connectivity index (χ4n) is 6.21. The molecular weight excluding hydrogens is 666 g/mol. The Morgan fingerprint density at radius 3 is 2.31 bits per heavy atom. The molecule has 3 aromatic carbocycles. The zero-order valence-corrected chi connectivity index (χ0v) is 29.0. The van der Waals surface area contributed by atoms with Crippen LogP contribution in [-0.2, 0) is 30.7 Å². The van der Waals surface area contributed by atoms with Crippen LogP contribution in [0.5, 0.6) is 17.2 Å². The zero-order valence-electron chi connectivity index (χ0n) is 29.0. The van der Waals surface area contributed by atoms with E-state index in [9.17, 15) is 22.4 Å². The first-order chi connectivity index (χ1) is 24.4. The van der Waals surface area contributed by atoms with Crippen LogP contribution in [0.1, 0.15) is 86.1 Å². The summed E-state index contributed by atoms with van der Waals surface area (Å²) in [5.74, 6) is 1.14. The van der Waals surface area contributed by atoms with Crippen molar-refractivity contribution in [3.05, 3.63) is 94.8 Å². The Kier molecular flexibility index (Phi) is 12.4. The molecule has 0 aliphatic heterocycles. The van der Waals surface area contributed by atoms with Crippen LogP contribution in [0.3, 0.4) is 0 Å². The van der Waals surface area contributed by atoms with E-state index in [2.05, 4.69) is 29.9 Å². The van der Waals surface area contributed by atoms with Gasteiger partial charge in [-0.2, -0.15) is 13.2 Å². The van der Waals surface area contributed by atoms with Gasteiger partial charge in [0.15, 0.2) is 5.75 Å². The predicted molar refractivity (Wildman–Crippen MR) is 186 cm³/mol. The highest BCUT2D eigenvalue weighted by Gasteiger charge is 2.31. The van der Waals surface area contributed by atoms with Crippen LogP contribution < -0.4 is 19.1 Å². The van der Waals surface area contributed by atoms with Crippen molar-refractivity contribution in [2.45, 2.75) is 90.3 Å². The number of aromatic nitrogens is 2. The number of carboxylic acids is 1. The monoisotopic (exact) mass is 709 g/mol. The summed E-state index contributed by atoms with van der Waals surface area (Å²) >= 11 is 0. The van der Waals surface area contributed by atoms with E-state index in [0.717, 1.165) is 60.1 Å². The van der Waals surface area contributed by atoms with Gasteiger partial charge in [0.25, 0.3) is 0 Å². The molecule has 1 aromatic heterocycles. The number of alkyl halides is 4. The van der Waals surface area contributed by atoms with Crippen LogP contribution in [0.2, 0.25) is 0 Å². The molecule has 12 heteroatoms. The van der Waals surface area contributed by atoms with E-state index in [0.29, 0.717) is 23.7 Å². The molecule has 1 aliphatic carbocycles. The smallest absolute Gasteiger partial charge is 0.416 e. The van der Waals surface area contributed by atoms with Gasteiger partial charge in [0.05, 0.1) is 37.8 Å². The van der Waals surface area contributed by atoms with Crippen LogP contribution in [-0.4, -0.2) is 40.9 Å². The van der Waals surface area contributed by atoms with Gasteiger partial charge in [-0.3, -0.25) is 4.79 Å². The summed E-state index contributed by atoms with van der Waals surface area (Å²) in [6.45, 7) is 3.36. The van der Waals surface area contributed by atoms with Crippen molar-refractivity contribution in [2.75, 3.05) is 18.6 Å². The maximum Gasteiger partial charge on any atom is 0.416 e. The highest BCUT2D eigenvalue weighted by Crippen LogP contribution is 2.39. The number of methoxy groups -OCH3 is 1. The molecule has 1 fully saturated rings. The van der Waals surface area contributed by atoms with Crippen molar-refractivity contribution in [2.24, 2.45) is 0 Å². The molecule has 1 heterocycles. The van der Waals surface area contributed by atoms with E-state index < -0.39 is 24.4 Å². The van der Waals surface area contributed by atoms with Gasteiger partial charge in [0.2, 0.25) is 5.95 Å². The first kappa shape index (κ1) is 37.4. The standard InChI is InChI=1S/C39H43F4N3O5/c1-25(2)28-10-13-36(49-3)35(19-28)34-12-11-32(51-31-7-4-5-8-31)18-29(34)24-46(23-27-15-26(20-40)16-30(17-27)39(41,42)43)38-44-21-33(22-45-38)50-14-6-9-37(47)48/h10-13,15-19,21-22,25,31H,4-9,14,20,23-24H2,1-3H3,(H,47,48). The number of anilines is 1. The number of carboxylic acid groups (broad SMARTS) is 1. The van der Waals surface area contributed by atoms with Crippen molar-refractivity contribution < 1.29 is 41.7 Å². The molecule has 0 saturated heterocycles. The van der Waals surface area contributed by atoms with E-state index in [1.165, 1.54) is 18.5 Å². The Hall–Kier alpha value is -4.87. The molecule has 1 saturated carbocycles. The number of rotatable bonds is 16. The molecule has 0 unspecified atom stereocenters. The van der Waals surface area contributed by atoms with Crippen LogP contribution in [0, 0.1) is 0 Å². The second kappa shape index (κ2) is 16.9. The lowest BCUT2D eigenvalue weighted by atomic mass is 9.93. The van der Waals surface area contributed by atoms with Gasteiger partial charge in [0, 0.05) is 25.1 Å². The Bertz CT molecular complexity index is 1780. The van der Waals surface area contributed by atoms with E-state index >= 15 is 0 Å². The first-order valence-electron chi connectivity index (χ1n) is 17.1. The second-order valence-corrected chi connectivity index (χ2v) is 13.0. The van der Waals surface area contributed by atoms with E-state index in [4.69, 9.17) is 19.3 Å². The van der Waals surface area contributed by atoms with Crippen LogP contribution in [0.4, 0.5) is 23.5 Å². The summed E-state index contributed by atoms with van der Waals surface area (Å²) in [4.78, 5) is 21.6. The highest BCUT2D eigenvalue weighted by atomic mass is 19.4. The van der Waals surface area contributed by atoms with Crippen molar-refractivity contribution in [1.29, 1.82) is 0 Å². The molecule has 0 radical (unpaired) electrons. The molecular formula is C39H43F4N3O5. The minimum atomic E-state index is -4.67. The molecule has 4 aromatic rings. The molecule has 8 nitrogen and oxygen atoms in total. The lowest BCUT2D eigenvalue weighted by Crippen LogP contribution is -2.25. The van der Waals surface area contributed by atoms with Crippen LogP contribution in [0.15, 0.2) is 67.0 Å². The molecule has 0 bridgehead atoms. The van der Waals surface area contributed by atoms with Crippen LogP contribution in [0.25, 0.3) is 11.1 Å². The molecule has 0 atom stereocenters. The number of ether oxygens (including phenoxy) is 3. The number of aliphatic carboxylic acids is 1. The molecule has 51 heavy (non-hydrogen) atoms. The number of hydrogen-bond donors (Lipinski definition) is 1. The average molecular weight is 710 g/mol. The summed E-state index contributed by atoms with van der Waals surface area (Å²) < 4.78 is 73.3. The maximum atomic E-state index is 13.9. The Balaban J connectivity index is 1.58. The number of benzene rings is 3. The van der Waals surface area contributed by atoms with Gasteiger partial charge in [-0.05, 0) is 102 Å². The number of hydrogen-bond acceptors (Lipinski definition) is 7. The third-order valence-corrected chi connectivity index (χ3v) is 8.83. The number of carbonyl (C=O) groups is 1. The summed E-state index contributed by atoms with van der Waals surface area (Å²) in [5, 5.41) is 8.91. The summed E-state index contributed by atoms with van der Waals surface area (Å²) in [6.07, 6.45) is 2.63. The van der Waals surface area contributed by atoms with Crippen molar-refractivity contribution in [3.63, 3.8) is 0 Å². The fraction of sp³-hybridized carbons (Fsp3) is 0.410. The summed E-state index contributed by atoms with van der Waals surface area (Å²) in [7, 11) is 1.60. The zero-order chi connectivity index (χ0) is 36.5. The molecule has 1 N–H and O–H groups in total. The minimum absolute atomic E-state index is 0.0543. The van der Waals surface area contributed by atoms with E-state index in [1.807, 2.05) is 30.3 Å². The normalized spacial score (nSPS) is 13.4. The average Bonchev–Trinajstić information content (AvgIpc) is 3.62. The Morgan fingerprint density at radius 2 is 1.67 bits per heavy atom. The van der Waals surface area contributed by atoms with Gasteiger partial charge < -0.3 is 24.2 Å². The third kappa shape index (κ3) is 10.1. The van der Waals surface area contributed by atoms with Crippen molar-refractivity contribution in [1.82, 2.24) is 9.97 Å². The molecule has 5 rings (SSSR count). The Morgan fingerprint density at radius 1 is 0.941 bits per heavy atom. The van der Waals surface area contributed by atoms with E-state index in [-0.39, 0.29) is 55.2 Å². The molecule has 0 spiro atoms. The highest BCUT2D eigenvalue weighted by molar-refractivity contribution is 5.75. The van der Waals surface area contributed by atoms with Crippen LogP contribution >= 0.6 is 0 Å². The summed E-state index contributed by atoms with van der Waals surface area (Å²) in [5.41, 5.74) is 2.77. The molecule has 272 valence electrons. The first-order valence-corrected chi connectivity index (χ1v) is 17.1. The topological polar surface area (TPSA) is 94.0 Å². The van der Waals surface area contributed by atoms with Crippen molar-refractivity contribution in [3.8, 4) is 28.4 Å². The second-order valence-electron chi connectivity index (χ2n) is 13.0. The van der Waals surface area contributed by atoms with Gasteiger partial charge >= 0.3 is 12.1 Å². The predicted octanol–water partition coefficient (Wildman–Crippen LogP) is 9.54. The number of halogens is 4. The fourth-order valence-corrected chi connectivity index (χ4v) is 6.21. The lowest BCUT2D eigenvalue weighted by molar-refractivity contribution is -0.138. The SMILES string of the molecule is COc1ccc(C(C)C)cc1-c1ccc(OC2CCCC2)cc1CN(Cc1cc(CF)cc(C(F)(F)F)c1)c1ncc(OCCCC(=O)O)cn1. The number of nitrogens with zero attached hydrogens (tertiary/aromatic N) is 3. The maximum absolute atomic E-state index is 13.9. The summed E-state index contributed by atoms with van der Waals surface area (Å²) in [6, 6.07) is 15.1. The van der Waals surface area contributed by atoms with Gasteiger partial charge in [-0.1, -0.05) is 32.0 Å². The Labute approximate surface area is 295 Å². The third-order valence-electron chi connectivity index (χ3n) is 8.83. The minimum Gasteiger partial charge on any atom is -0.496 e. The van der Waals surface area contributed by atoms with Gasteiger partial charge in [-0.15, -0.1) is 0 Å². The largest absolute Gasteiger partial charge is 0.496 e. The van der Waals surface area contributed by atoms with Crippen molar-refractivity contribution >= 4 is 11.9 Å². The lowest BCUT2D eigenvalue weighted by Gasteiger charge is -2.26. The van der Waals surface area contributed by atoms with E-state index in [1.54, 1.807) is 12.0 Å². The quantitative estimate of drug-likeness (QED) is 0.0909.